The average molecular weight is 274 g/mol. The molecule has 3 atom stereocenters. The summed E-state index contributed by atoms with van der Waals surface area (Å²) in [5.41, 5.74) is 2.63. The number of nitrogens with zero attached hydrogens (tertiary/aromatic N) is 1. The highest BCUT2D eigenvalue weighted by Crippen LogP contribution is 2.32. The Balaban J connectivity index is 1.65. The molecule has 1 amide bonds. The molecule has 4 nitrogen and oxygen atoms in total. The smallest absolute Gasteiger partial charge is 0.225 e. The molecule has 2 fully saturated rings. The third-order valence-electron chi connectivity index (χ3n) is 4.30. The van der Waals surface area contributed by atoms with Crippen LogP contribution < -0.4 is 5.32 Å². The first-order chi connectivity index (χ1) is 9.65. The third-order valence-corrected chi connectivity index (χ3v) is 4.30. The number of likely N-dealkylation sites (tertiary alicyclic amines) is 1. The van der Waals surface area contributed by atoms with Gasteiger partial charge in [0, 0.05) is 26.7 Å². The predicted molar refractivity (Wildman–Crippen MR) is 77.3 cm³/mol. The molecule has 2 aliphatic rings. The Morgan fingerprint density at radius 2 is 2.30 bits per heavy atom. The summed E-state index contributed by atoms with van der Waals surface area (Å²) in [4.78, 5) is 14.3. The van der Waals surface area contributed by atoms with E-state index in [1.54, 1.807) is 7.05 Å². The van der Waals surface area contributed by atoms with E-state index in [1.165, 1.54) is 11.1 Å². The van der Waals surface area contributed by atoms with Crippen LogP contribution in [0.15, 0.2) is 24.3 Å². The fourth-order valence-electron chi connectivity index (χ4n) is 3.40. The van der Waals surface area contributed by atoms with Crippen molar-refractivity contribution in [3.05, 3.63) is 35.4 Å². The minimum Gasteiger partial charge on any atom is -0.371 e. The summed E-state index contributed by atoms with van der Waals surface area (Å²) < 4.78 is 5.92. The first-order valence-electron chi connectivity index (χ1n) is 7.30. The quantitative estimate of drug-likeness (QED) is 0.904. The van der Waals surface area contributed by atoms with Crippen molar-refractivity contribution in [2.75, 3.05) is 20.1 Å². The van der Waals surface area contributed by atoms with Gasteiger partial charge in [-0.1, -0.05) is 29.8 Å². The van der Waals surface area contributed by atoms with E-state index in [1.807, 2.05) is 0 Å². The van der Waals surface area contributed by atoms with Gasteiger partial charge in [0.25, 0.3) is 0 Å². The van der Waals surface area contributed by atoms with Gasteiger partial charge in [-0.15, -0.1) is 0 Å². The Labute approximate surface area is 120 Å². The SMILES string of the molecule is CNC(=O)[C@H]1C[C@H]2CN(Cc3cccc(C)c3)C[C@@H]1O2. The summed E-state index contributed by atoms with van der Waals surface area (Å²) >= 11 is 0. The van der Waals surface area contributed by atoms with Crippen LogP contribution in [0.3, 0.4) is 0 Å². The fraction of sp³-hybridized carbons (Fsp3) is 0.562. The van der Waals surface area contributed by atoms with Crippen LogP contribution in [0, 0.1) is 12.8 Å². The van der Waals surface area contributed by atoms with E-state index in [0.717, 1.165) is 26.1 Å². The molecule has 4 heteroatoms. The van der Waals surface area contributed by atoms with Crippen LogP contribution in [0.5, 0.6) is 0 Å². The molecular weight excluding hydrogens is 252 g/mol. The van der Waals surface area contributed by atoms with Gasteiger partial charge in [0.2, 0.25) is 5.91 Å². The number of benzene rings is 1. The van der Waals surface area contributed by atoms with Crippen molar-refractivity contribution in [3.8, 4) is 0 Å². The number of morpholine rings is 1. The van der Waals surface area contributed by atoms with Crippen molar-refractivity contribution in [2.24, 2.45) is 5.92 Å². The zero-order valence-corrected chi connectivity index (χ0v) is 12.1. The maximum absolute atomic E-state index is 11.9. The van der Waals surface area contributed by atoms with Crippen LogP contribution in [0.25, 0.3) is 0 Å². The molecule has 2 heterocycles. The standard InChI is InChI=1S/C16H22N2O2/c1-11-4-3-5-12(6-11)8-18-9-13-7-14(16(19)17-2)15(10-18)20-13/h3-6,13-15H,7-10H2,1-2H3,(H,17,19)/t13-,14-,15-/m0/s1. The Morgan fingerprint density at radius 3 is 3.05 bits per heavy atom. The summed E-state index contributed by atoms with van der Waals surface area (Å²) in [7, 11) is 1.70. The molecule has 2 saturated heterocycles. The second-order valence-electron chi connectivity index (χ2n) is 5.94. The molecule has 3 rings (SSSR count). The highest BCUT2D eigenvalue weighted by atomic mass is 16.5. The zero-order chi connectivity index (χ0) is 14.1. The largest absolute Gasteiger partial charge is 0.371 e. The van der Waals surface area contributed by atoms with Crippen LogP contribution >= 0.6 is 0 Å². The normalized spacial score (nSPS) is 29.4. The van der Waals surface area contributed by atoms with Crippen LogP contribution in [0.2, 0.25) is 0 Å². The number of aryl methyl sites for hydroxylation is 1. The van der Waals surface area contributed by atoms with Gasteiger partial charge in [0.05, 0.1) is 18.1 Å². The number of rotatable bonds is 3. The molecule has 20 heavy (non-hydrogen) atoms. The second-order valence-corrected chi connectivity index (χ2v) is 5.94. The van der Waals surface area contributed by atoms with E-state index in [0.29, 0.717) is 0 Å². The van der Waals surface area contributed by atoms with E-state index in [-0.39, 0.29) is 24.0 Å². The van der Waals surface area contributed by atoms with Crippen molar-refractivity contribution in [2.45, 2.75) is 32.1 Å². The molecule has 2 aliphatic heterocycles. The van der Waals surface area contributed by atoms with Gasteiger partial charge in [-0.2, -0.15) is 0 Å². The lowest BCUT2D eigenvalue weighted by atomic mass is 10.00. The number of ether oxygens (including phenoxy) is 1. The first-order valence-corrected chi connectivity index (χ1v) is 7.30. The summed E-state index contributed by atoms with van der Waals surface area (Å²) in [6.45, 7) is 4.84. The molecule has 1 aromatic carbocycles. The highest BCUT2D eigenvalue weighted by molar-refractivity contribution is 5.79. The number of carbonyl (C=O) groups is 1. The van der Waals surface area contributed by atoms with Gasteiger partial charge in [0.1, 0.15) is 0 Å². The Morgan fingerprint density at radius 1 is 1.45 bits per heavy atom. The number of carbonyl (C=O) groups excluding carboxylic acids is 1. The highest BCUT2D eigenvalue weighted by Gasteiger charge is 2.44. The maximum atomic E-state index is 11.9. The number of amides is 1. The summed E-state index contributed by atoms with van der Waals surface area (Å²) in [5, 5.41) is 2.75. The lowest BCUT2D eigenvalue weighted by Crippen LogP contribution is -2.44. The second kappa shape index (κ2) is 5.54. The van der Waals surface area contributed by atoms with Gasteiger partial charge in [-0.05, 0) is 18.9 Å². The molecule has 0 aromatic heterocycles. The van der Waals surface area contributed by atoms with E-state index in [9.17, 15) is 4.79 Å². The summed E-state index contributed by atoms with van der Waals surface area (Å²) in [6.07, 6.45) is 1.12. The molecule has 2 bridgehead atoms. The lowest BCUT2D eigenvalue weighted by molar-refractivity contribution is -0.127. The third kappa shape index (κ3) is 2.72. The van der Waals surface area contributed by atoms with Gasteiger partial charge in [-0.25, -0.2) is 0 Å². The fourth-order valence-corrected chi connectivity index (χ4v) is 3.40. The molecule has 108 valence electrons. The number of hydrogen-bond acceptors (Lipinski definition) is 3. The summed E-state index contributed by atoms with van der Waals surface area (Å²) in [5.74, 6) is 0.141. The van der Waals surface area contributed by atoms with Crippen molar-refractivity contribution in [1.82, 2.24) is 10.2 Å². The van der Waals surface area contributed by atoms with Crippen molar-refractivity contribution in [1.29, 1.82) is 0 Å². The molecule has 0 saturated carbocycles. The molecule has 1 aromatic rings. The Kier molecular flexibility index (Phi) is 3.76. The summed E-state index contributed by atoms with van der Waals surface area (Å²) in [6, 6.07) is 8.62. The zero-order valence-electron chi connectivity index (χ0n) is 12.1. The predicted octanol–water partition coefficient (Wildman–Crippen LogP) is 1.33. The van der Waals surface area contributed by atoms with Gasteiger partial charge < -0.3 is 10.1 Å². The number of fused-ring (bicyclic) bond motifs is 2. The lowest BCUT2D eigenvalue weighted by Gasteiger charge is -2.32. The number of hydrogen-bond donors (Lipinski definition) is 1. The molecular formula is C16H22N2O2. The topological polar surface area (TPSA) is 41.6 Å². The minimum absolute atomic E-state index is 0.0208. The van der Waals surface area contributed by atoms with E-state index >= 15 is 0 Å². The van der Waals surface area contributed by atoms with E-state index in [4.69, 9.17) is 4.74 Å². The molecule has 0 spiro atoms. The Bertz CT molecular complexity index is 503. The van der Waals surface area contributed by atoms with Crippen molar-refractivity contribution >= 4 is 5.91 Å². The minimum atomic E-state index is 0.0208. The molecule has 0 aliphatic carbocycles. The monoisotopic (exact) mass is 274 g/mol. The van der Waals surface area contributed by atoms with Crippen LogP contribution in [0.4, 0.5) is 0 Å². The molecule has 0 unspecified atom stereocenters. The van der Waals surface area contributed by atoms with E-state index in [2.05, 4.69) is 41.4 Å². The maximum Gasteiger partial charge on any atom is 0.225 e. The van der Waals surface area contributed by atoms with Gasteiger partial charge >= 0.3 is 0 Å². The van der Waals surface area contributed by atoms with Crippen LogP contribution in [-0.2, 0) is 16.1 Å². The van der Waals surface area contributed by atoms with Crippen LogP contribution in [0.1, 0.15) is 17.5 Å². The van der Waals surface area contributed by atoms with Crippen molar-refractivity contribution < 1.29 is 9.53 Å². The van der Waals surface area contributed by atoms with Crippen molar-refractivity contribution in [3.63, 3.8) is 0 Å². The average Bonchev–Trinajstić information content (AvgIpc) is 2.73. The van der Waals surface area contributed by atoms with Gasteiger partial charge in [0.15, 0.2) is 0 Å². The molecule has 1 N–H and O–H groups in total. The first kappa shape index (κ1) is 13.6. The number of nitrogens with one attached hydrogen (secondary N) is 1. The molecule has 0 radical (unpaired) electrons. The van der Waals surface area contributed by atoms with E-state index < -0.39 is 0 Å². The van der Waals surface area contributed by atoms with Gasteiger partial charge in [-0.3, -0.25) is 9.69 Å². The van der Waals surface area contributed by atoms with Crippen LogP contribution in [-0.4, -0.2) is 43.2 Å². The Hall–Kier alpha value is -1.39.